The van der Waals surface area contributed by atoms with Crippen LogP contribution in [0.2, 0.25) is 0 Å². The lowest BCUT2D eigenvalue weighted by Gasteiger charge is -2.43. The zero-order valence-electron chi connectivity index (χ0n) is 14.0. The molecule has 1 heterocycles. The third-order valence-corrected chi connectivity index (χ3v) is 4.92. The highest BCUT2D eigenvalue weighted by Crippen LogP contribution is 2.30. The van der Waals surface area contributed by atoms with Crippen molar-refractivity contribution in [3.8, 4) is 0 Å². The number of benzene rings is 1. The van der Waals surface area contributed by atoms with Crippen molar-refractivity contribution in [3.63, 3.8) is 0 Å². The second-order valence-electron chi connectivity index (χ2n) is 6.57. The van der Waals surface area contributed by atoms with E-state index in [1.165, 1.54) is 37.9 Å². The van der Waals surface area contributed by atoms with Gasteiger partial charge < -0.3 is 16.0 Å². The second-order valence-corrected chi connectivity index (χ2v) is 6.57. The molecule has 0 atom stereocenters. The van der Waals surface area contributed by atoms with E-state index in [1.54, 1.807) is 0 Å². The van der Waals surface area contributed by atoms with Crippen LogP contribution in [0.3, 0.4) is 0 Å². The van der Waals surface area contributed by atoms with Crippen LogP contribution >= 0.6 is 24.0 Å². The van der Waals surface area contributed by atoms with Gasteiger partial charge in [0.25, 0.3) is 0 Å². The van der Waals surface area contributed by atoms with Crippen LogP contribution in [0.4, 0.5) is 5.69 Å². The van der Waals surface area contributed by atoms with Crippen molar-refractivity contribution >= 4 is 35.6 Å². The molecule has 0 radical (unpaired) electrons. The normalized spacial score (nSPS) is 25.3. The maximum atomic E-state index is 6.06. The van der Waals surface area contributed by atoms with E-state index in [-0.39, 0.29) is 24.0 Å². The second kappa shape index (κ2) is 8.87. The Balaban J connectivity index is 0.00000192. The van der Waals surface area contributed by atoms with E-state index < -0.39 is 0 Å². The number of rotatable bonds is 4. The van der Waals surface area contributed by atoms with E-state index in [9.17, 15) is 0 Å². The predicted octanol–water partition coefficient (Wildman–Crippen LogP) is 3.61. The molecule has 0 amide bonds. The van der Waals surface area contributed by atoms with Crippen LogP contribution < -0.4 is 11.1 Å². The van der Waals surface area contributed by atoms with Gasteiger partial charge in [-0.1, -0.05) is 25.5 Å². The van der Waals surface area contributed by atoms with Crippen LogP contribution in [0.1, 0.15) is 44.6 Å². The van der Waals surface area contributed by atoms with Gasteiger partial charge >= 0.3 is 0 Å². The number of aryl methyl sites for hydroxylation is 1. The van der Waals surface area contributed by atoms with Crippen molar-refractivity contribution in [3.05, 3.63) is 29.8 Å². The summed E-state index contributed by atoms with van der Waals surface area (Å²) in [5.41, 5.74) is 8.40. The van der Waals surface area contributed by atoms with Gasteiger partial charge in [0.15, 0.2) is 5.96 Å². The SMILES string of the molecule is CCc1cccc(NC(N)=NC2CC(N3CCCCC3)C2)c1.I. The topological polar surface area (TPSA) is 53.6 Å². The summed E-state index contributed by atoms with van der Waals surface area (Å²) < 4.78 is 0. The third kappa shape index (κ3) is 5.08. The molecule has 1 aliphatic heterocycles. The van der Waals surface area contributed by atoms with Crippen molar-refractivity contribution in [2.75, 3.05) is 18.4 Å². The van der Waals surface area contributed by atoms with Crippen LogP contribution in [0, 0.1) is 0 Å². The van der Waals surface area contributed by atoms with Crippen molar-refractivity contribution in [1.82, 2.24) is 4.90 Å². The molecule has 1 aromatic rings. The number of piperidine rings is 1. The molecule has 23 heavy (non-hydrogen) atoms. The van der Waals surface area contributed by atoms with E-state index in [2.05, 4.69) is 40.3 Å². The quantitative estimate of drug-likeness (QED) is 0.438. The third-order valence-electron chi connectivity index (χ3n) is 4.92. The van der Waals surface area contributed by atoms with Crippen molar-refractivity contribution < 1.29 is 0 Å². The van der Waals surface area contributed by atoms with Gasteiger partial charge in [-0.15, -0.1) is 24.0 Å². The lowest BCUT2D eigenvalue weighted by atomic mass is 9.85. The van der Waals surface area contributed by atoms with E-state index in [1.807, 2.05) is 6.07 Å². The summed E-state index contributed by atoms with van der Waals surface area (Å²) in [4.78, 5) is 7.28. The molecule has 4 nitrogen and oxygen atoms in total. The minimum atomic E-state index is 0. The van der Waals surface area contributed by atoms with Gasteiger partial charge in [0.1, 0.15) is 0 Å². The lowest BCUT2D eigenvalue weighted by molar-refractivity contribution is 0.0912. The molecule has 2 fully saturated rings. The summed E-state index contributed by atoms with van der Waals surface area (Å²) in [5, 5.41) is 3.22. The summed E-state index contributed by atoms with van der Waals surface area (Å²) in [6.45, 7) is 4.71. The lowest BCUT2D eigenvalue weighted by Crippen LogP contribution is -2.49. The van der Waals surface area contributed by atoms with Gasteiger partial charge in [0.2, 0.25) is 0 Å². The molecule has 2 aliphatic rings. The Labute approximate surface area is 156 Å². The largest absolute Gasteiger partial charge is 0.370 e. The first-order valence-corrected chi connectivity index (χ1v) is 8.68. The summed E-state index contributed by atoms with van der Waals surface area (Å²) >= 11 is 0. The molecule has 3 N–H and O–H groups in total. The molecule has 3 rings (SSSR count). The first-order chi connectivity index (χ1) is 10.7. The first-order valence-electron chi connectivity index (χ1n) is 8.68. The van der Waals surface area contributed by atoms with Gasteiger partial charge in [-0.05, 0) is 62.9 Å². The van der Waals surface area contributed by atoms with E-state index in [0.717, 1.165) is 31.0 Å². The molecule has 128 valence electrons. The fraction of sp³-hybridized carbons (Fsp3) is 0.611. The van der Waals surface area contributed by atoms with Gasteiger partial charge in [0.05, 0.1) is 6.04 Å². The van der Waals surface area contributed by atoms with Crippen molar-refractivity contribution in [1.29, 1.82) is 0 Å². The Bertz CT molecular complexity index is 520. The van der Waals surface area contributed by atoms with Crippen LogP contribution in [0.15, 0.2) is 29.3 Å². The molecule has 0 spiro atoms. The van der Waals surface area contributed by atoms with Crippen LogP contribution in [-0.2, 0) is 6.42 Å². The number of nitrogens with two attached hydrogens (primary N) is 1. The molecule has 0 bridgehead atoms. The van der Waals surface area contributed by atoms with Crippen LogP contribution in [-0.4, -0.2) is 36.0 Å². The zero-order chi connectivity index (χ0) is 15.4. The fourth-order valence-corrected chi connectivity index (χ4v) is 3.49. The fourth-order valence-electron chi connectivity index (χ4n) is 3.49. The number of anilines is 1. The molecule has 0 unspecified atom stereocenters. The molecular weight excluding hydrogens is 399 g/mol. The average molecular weight is 428 g/mol. The molecule has 1 saturated carbocycles. The Morgan fingerprint density at radius 3 is 2.70 bits per heavy atom. The Hall–Kier alpha value is -0.820. The van der Waals surface area contributed by atoms with E-state index in [0.29, 0.717) is 12.0 Å². The summed E-state index contributed by atoms with van der Waals surface area (Å²) in [7, 11) is 0. The maximum Gasteiger partial charge on any atom is 0.193 e. The molecule has 5 heteroatoms. The van der Waals surface area contributed by atoms with Gasteiger partial charge in [0, 0.05) is 11.7 Å². The molecule has 1 aromatic carbocycles. The summed E-state index contributed by atoms with van der Waals surface area (Å²) in [6.07, 6.45) is 7.49. The molecular formula is C18H29IN4. The van der Waals surface area contributed by atoms with Crippen molar-refractivity contribution in [2.24, 2.45) is 10.7 Å². The Morgan fingerprint density at radius 2 is 2.00 bits per heavy atom. The van der Waals surface area contributed by atoms with E-state index >= 15 is 0 Å². The minimum Gasteiger partial charge on any atom is -0.370 e. The first kappa shape index (κ1) is 18.5. The molecule has 1 aliphatic carbocycles. The number of halogens is 1. The smallest absolute Gasteiger partial charge is 0.193 e. The molecule has 0 aromatic heterocycles. The predicted molar refractivity (Wildman–Crippen MR) is 109 cm³/mol. The van der Waals surface area contributed by atoms with Gasteiger partial charge in [-0.3, -0.25) is 0 Å². The zero-order valence-corrected chi connectivity index (χ0v) is 16.3. The number of hydrogen-bond acceptors (Lipinski definition) is 2. The standard InChI is InChI=1S/C18H28N4.HI/c1-2-14-7-6-8-15(11-14)20-18(19)21-16-12-17(13-16)22-9-4-3-5-10-22;/h6-8,11,16-17H,2-5,9-10,12-13H2,1H3,(H3,19,20,21);1H. The average Bonchev–Trinajstić information content (AvgIpc) is 2.51. The highest BCUT2D eigenvalue weighted by molar-refractivity contribution is 14.0. The number of nitrogens with one attached hydrogen (secondary N) is 1. The van der Waals surface area contributed by atoms with Crippen molar-refractivity contribution in [2.45, 2.75) is 57.5 Å². The number of likely N-dealkylation sites (tertiary alicyclic amines) is 1. The number of nitrogens with zero attached hydrogens (tertiary/aromatic N) is 2. The number of guanidine groups is 1. The summed E-state index contributed by atoms with van der Waals surface area (Å²) in [5.74, 6) is 0.551. The Kier molecular flexibility index (Phi) is 7.14. The Morgan fingerprint density at radius 1 is 1.26 bits per heavy atom. The van der Waals surface area contributed by atoms with Gasteiger partial charge in [-0.25, -0.2) is 4.99 Å². The number of hydrogen-bond donors (Lipinski definition) is 2. The monoisotopic (exact) mass is 428 g/mol. The van der Waals surface area contributed by atoms with E-state index in [4.69, 9.17) is 5.73 Å². The maximum absolute atomic E-state index is 6.06. The number of aliphatic imine (C=N–C) groups is 1. The summed E-state index contributed by atoms with van der Waals surface area (Å²) in [6, 6.07) is 9.51. The van der Waals surface area contributed by atoms with Crippen LogP contribution in [0.25, 0.3) is 0 Å². The minimum absolute atomic E-state index is 0. The highest BCUT2D eigenvalue weighted by Gasteiger charge is 2.33. The van der Waals surface area contributed by atoms with Crippen LogP contribution in [0.5, 0.6) is 0 Å². The molecule has 1 saturated heterocycles. The highest BCUT2D eigenvalue weighted by atomic mass is 127. The van der Waals surface area contributed by atoms with Gasteiger partial charge in [-0.2, -0.15) is 0 Å².